The number of ether oxygens (including phenoxy) is 1. The van der Waals surface area contributed by atoms with Crippen LogP contribution < -0.4 is 15.0 Å². The highest BCUT2D eigenvalue weighted by Gasteiger charge is 2.42. The van der Waals surface area contributed by atoms with Crippen LogP contribution >= 0.6 is 12.2 Å². The van der Waals surface area contributed by atoms with Gasteiger partial charge in [0.2, 0.25) is 0 Å². The molecule has 0 aliphatic carbocycles. The van der Waals surface area contributed by atoms with E-state index < -0.39 is 0 Å². The number of rotatable bonds is 6. The average molecular weight is 470 g/mol. The van der Waals surface area contributed by atoms with Gasteiger partial charge in [0.05, 0.1) is 17.8 Å². The summed E-state index contributed by atoms with van der Waals surface area (Å²) in [4.78, 5) is 11.5. The minimum atomic E-state index is -0.127. The predicted octanol–water partition coefficient (Wildman–Crippen LogP) is 5.54. The first kappa shape index (κ1) is 22.1. The molecule has 0 amide bonds. The Morgan fingerprint density at radius 2 is 1.79 bits per heavy atom. The molecule has 4 heterocycles. The fraction of sp³-hybridized carbons (Fsp3) is 0.222. The van der Waals surface area contributed by atoms with Crippen molar-refractivity contribution in [3.63, 3.8) is 0 Å². The van der Waals surface area contributed by atoms with Crippen molar-refractivity contribution < 1.29 is 4.74 Å². The average Bonchev–Trinajstić information content (AvgIpc) is 3.45. The molecule has 2 atom stereocenters. The van der Waals surface area contributed by atoms with Gasteiger partial charge in [-0.1, -0.05) is 12.1 Å². The first-order valence-electron chi connectivity index (χ1n) is 11.4. The fourth-order valence-electron chi connectivity index (χ4n) is 4.34. The van der Waals surface area contributed by atoms with Gasteiger partial charge in [0.15, 0.2) is 5.11 Å². The van der Waals surface area contributed by atoms with Gasteiger partial charge in [-0.2, -0.15) is 0 Å². The summed E-state index contributed by atoms with van der Waals surface area (Å²) in [6.07, 6.45) is 5.87. The summed E-state index contributed by atoms with van der Waals surface area (Å²) in [5, 5.41) is 4.18. The maximum atomic E-state index is 5.86. The van der Waals surface area contributed by atoms with Crippen LogP contribution in [0.5, 0.6) is 5.75 Å². The molecule has 6 nitrogen and oxygen atoms in total. The minimum absolute atomic E-state index is 0.118. The highest BCUT2D eigenvalue weighted by Crippen LogP contribution is 2.42. The normalized spacial score (nSPS) is 17.8. The fourth-order valence-corrected chi connectivity index (χ4v) is 4.68. The lowest BCUT2D eigenvalue weighted by Crippen LogP contribution is -2.30. The zero-order valence-corrected chi connectivity index (χ0v) is 20.2. The molecule has 0 spiro atoms. The molecule has 1 aromatic carbocycles. The van der Waals surface area contributed by atoms with Crippen LogP contribution in [-0.2, 0) is 0 Å². The van der Waals surface area contributed by atoms with Crippen LogP contribution in [0.3, 0.4) is 0 Å². The lowest BCUT2D eigenvalue weighted by molar-refractivity contribution is 0.242. The van der Waals surface area contributed by atoms with Crippen molar-refractivity contribution in [2.24, 2.45) is 0 Å². The molecule has 1 aliphatic heterocycles. The molecule has 34 heavy (non-hydrogen) atoms. The summed E-state index contributed by atoms with van der Waals surface area (Å²) in [6.45, 7) is 6.08. The number of nitrogens with zero attached hydrogens (tertiary/aromatic N) is 4. The second kappa shape index (κ2) is 9.27. The molecule has 172 valence electrons. The Kier molecular flexibility index (Phi) is 6.02. The Hall–Kier alpha value is -3.71. The van der Waals surface area contributed by atoms with Gasteiger partial charge in [0, 0.05) is 30.0 Å². The van der Waals surface area contributed by atoms with Gasteiger partial charge in [-0.25, -0.2) is 4.98 Å². The number of aromatic nitrogens is 3. The van der Waals surface area contributed by atoms with E-state index in [0.717, 1.165) is 34.2 Å². The van der Waals surface area contributed by atoms with Crippen molar-refractivity contribution in [1.82, 2.24) is 19.9 Å². The van der Waals surface area contributed by atoms with E-state index in [0.29, 0.717) is 5.11 Å². The van der Waals surface area contributed by atoms with Crippen LogP contribution in [0.1, 0.15) is 42.9 Å². The number of hydrogen-bond donors (Lipinski definition) is 1. The highest BCUT2D eigenvalue weighted by atomic mass is 32.1. The van der Waals surface area contributed by atoms with Gasteiger partial charge < -0.3 is 19.5 Å². The summed E-state index contributed by atoms with van der Waals surface area (Å²) >= 11 is 5.86. The Morgan fingerprint density at radius 1 is 0.971 bits per heavy atom. The number of nitrogens with one attached hydrogen (secondary N) is 1. The quantitative estimate of drug-likeness (QED) is 0.374. The summed E-state index contributed by atoms with van der Waals surface area (Å²) in [6, 6.07) is 22.1. The molecule has 1 fully saturated rings. The molecule has 1 aliphatic rings. The van der Waals surface area contributed by atoms with E-state index in [1.165, 1.54) is 0 Å². The van der Waals surface area contributed by atoms with Crippen molar-refractivity contribution in [2.75, 3.05) is 4.90 Å². The van der Waals surface area contributed by atoms with Gasteiger partial charge >= 0.3 is 0 Å². The summed E-state index contributed by atoms with van der Waals surface area (Å²) in [7, 11) is 0. The summed E-state index contributed by atoms with van der Waals surface area (Å²) < 4.78 is 7.97. The van der Waals surface area contributed by atoms with E-state index in [9.17, 15) is 0 Å². The van der Waals surface area contributed by atoms with Gasteiger partial charge in [-0.15, -0.1) is 0 Å². The first-order chi connectivity index (χ1) is 16.5. The number of aryl methyl sites for hydroxylation is 1. The lowest BCUT2D eigenvalue weighted by atomic mass is 10.0. The molecule has 3 aromatic heterocycles. The lowest BCUT2D eigenvalue weighted by Gasteiger charge is -2.29. The molecule has 5 rings (SSSR count). The smallest absolute Gasteiger partial charge is 0.174 e. The Balaban J connectivity index is 1.60. The number of pyridine rings is 2. The van der Waals surface area contributed by atoms with E-state index >= 15 is 0 Å². The van der Waals surface area contributed by atoms with Crippen molar-refractivity contribution in [3.8, 4) is 11.6 Å². The third-order valence-corrected chi connectivity index (χ3v) is 6.13. The minimum Gasteiger partial charge on any atom is -0.491 e. The Bertz CT molecular complexity index is 1270. The molecule has 1 N–H and O–H groups in total. The van der Waals surface area contributed by atoms with Gasteiger partial charge in [0.1, 0.15) is 17.6 Å². The van der Waals surface area contributed by atoms with E-state index in [1.54, 1.807) is 0 Å². The number of hydrogen-bond acceptors (Lipinski definition) is 4. The second-order valence-electron chi connectivity index (χ2n) is 8.65. The molecule has 1 saturated heterocycles. The first-order valence-corrected chi connectivity index (χ1v) is 11.8. The SMILES string of the molecule is Cc1ccc(-n2cccc2[C@H]2[C@H](c3ccccn3)NC(=S)N2c2ccc(OC(C)C)cc2)nc1. The number of anilines is 1. The van der Waals surface area contributed by atoms with Gasteiger partial charge in [-0.3, -0.25) is 4.98 Å². The van der Waals surface area contributed by atoms with Crippen molar-refractivity contribution >= 4 is 23.0 Å². The van der Waals surface area contributed by atoms with E-state index in [4.69, 9.17) is 17.0 Å². The number of thiocarbonyl (C=S) groups is 1. The Labute approximate surface area is 205 Å². The third kappa shape index (κ3) is 4.26. The molecule has 7 heteroatoms. The summed E-state index contributed by atoms with van der Waals surface area (Å²) in [5.41, 5.74) is 4.11. The maximum Gasteiger partial charge on any atom is 0.174 e. The van der Waals surface area contributed by atoms with Crippen molar-refractivity contribution in [1.29, 1.82) is 0 Å². The van der Waals surface area contributed by atoms with Gasteiger partial charge in [-0.05, 0) is 93.1 Å². The van der Waals surface area contributed by atoms with Crippen LogP contribution in [0.15, 0.2) is 85.3 Å². The van der Waals surface area contributed by atoms with E-state index in [-0.39, 0.29) is 18.2 Å². The standard InChI is InChI=1S/C27H27N5OS/c1-18(2)33-21-12-10-20(11-13-21)32-26(25(30-27(32)34)22-7-4-5-15-28-22)23-8-6-16-31(23)24-14-9-19(3)17-29-24/h4-18,25-26H,1-3H3,(H,30,34)/t25-,26-/m0/s1. The van der Waals surface area contributed by atoms with E-state index in [2.05, 4.69) is 49.0 Å². The zero-order valence-electron chi connectivity index (χ0n) is 19.4. The van der Waals surface area contributed by atoms with Crippen LogP contribution in [0.25, 0.3) is 5.82 Å². The molecule has 0 bridgehead atoms. The van der Waals surface area contributed by atoms with Gasteiger partial charge in [0.25, 0.3) is 0 Å². The molecule has 0 radical (unpaired) electrons. The number of benzene rings is 1. The third-order valence-electron chi connectivity index (χ3n) is 5.81. The van der Waals surface area contributed by atoms with Crippen LogP contribution in [-0.4, -0.2) is 25.8 Å². The van der Waals surface area contributed by atoms with Crippen molar-refractivity contribution in [2.45, 2.75) is 39.0 Å². The van der Waals surface area contributed by atoms with Crippen molar-refractivity contribution in [3.05, 3.63) is 102 Å². The largest absolute Gasteiger partial charge is 0.491 e. The van der Waals surface area contributed by atoms with Crippen LogP contribution in [0, 0.1) is 6.92 Å². The molecular formula is C27H27N5OS. The molecule has 0 unspecified atom stereocenters. The predicted molar refractivity (Wildman–Crippen MR) is 138 cm³/mol. The zero-order chi connectivity index (χ0) is 23.7. The maximum absolute atomic E-state index is 5.86. The molecule has 0 saturated carbocycles. The summed E-state index contributed by atoms with van der Waals surface area (Å²) in [5.74, 6) is 1.70. The van der Waals surface area contributed by atoms with Crippen LogP contribution in [0.2, 0.25) is 0 Å². The topological polar surface area (TPSA) is 55.2 Å². The second-order valence-corrected chi connectivity index (χ2v) is 9.04. The Morgan fingerprint density at radius 3 is 2.47 bits per heavy atom. The highest BCUT2D eigenvalue weighted by molar-refractivity contribution is 7.80. The molecular weight excluding hydrogens is 442 g/mol. The monoisotopic (exact) mass is 469 g/mol. The molecule has 4 aromatic rings. The van der Waals surface area contributed by atoms with E-state index in [1.807, 2.05) is 81.8 Å². The van der Waals surface area contributed by atoms with Crippen LogP contribution in [0.4, 0.5) is 5.69 Å².